The molecule has 4 nitrogen and oxygen atoms in total. The van der Waals surface area contributed by atoms with Crippen molar-refractivity contribution >= 4 is 5.96 Å². The van der Waals surface area contributed by atoms with E-state index in [9.17, 15) is 0 Å². The smallest absolute Gasteiger partial charge is 0.191 e. The van der Waals surface area contributed by atoms with Gasteiger partial charge in [-0.15, -0.1) is 0 Å². The van der Waals surface area contributed by atoms with E-state index in [1.54, 1.807) is 0 Å². The maximum Gasteiger partial charge on any atom is 0.191 e. The number of likely N-dealkylation sites (tertiary alicyclic amines) is 1. The van der Waals surface area contributed by atoms with Gasteiger partial charge in [0.05, 0.1) is 0 Å². The Bertz CT molecular complexity index is 299. The zero-order valence-electron chi connectivity index (χ0n) is 13.3. The number of unbranched alkanes of at least 4 members (excludes halogenated alkanes) is 1. The van der Waals surface area contributed by atoms with Crippen LogP contribution in [0.5, 0.6) is 0 Å². The molecule has 2 fully saturated rings. The third-order valence-electron chi connectivity index (χ3n) is 4.33. The molecule has 0 spiro atoms. The molecule has 2 N–H and O–H groups in total. The van der Waals surface area contributed by atoms with Crippen LogP contribution in [0.3, 0.4) is 0 Å². The largest absolute Gasteiger partial charge is 0.357 e. The third kappa shape index (κ3) is 5.70. The molecule has 0 aromatic carbocycles. The van der Waals surface area contributed by atoms with Gasteiger partial charge in [0.2, 0.25) is 0 Å². The summed E-state index contributed by atoms with van der Waals surface area (Å²) in [6.45, 7) is 8.95. The van der Waals surface area contributed by atoms with Gasteiger partial charge < -0.3 is 15.5 Å². The lowest BCUT2D eigenvalue weighted by Crippen LogP contribution is -2.39. The van der Waals surface area contributed by atoms with Crippen LogP contribution in [0.15, 0.2) is 4.99 Å². The molecule has 0 aromatic rings. The summed E-state index contributed by atoms with van der Waals surface area (Å²) in [4.78, 5) is 7.32. The van der Waals surface area contributed by atoms with E-state index in [1.807, 2.05) is 0 Å². The number of nitrogens with zero attached hydrogens (tertiary/aromatic N) is 2. The second kappa shape index (κ2) is 8.50. The number of hydrogen-bond acceptors (Lipinski definition) is 2. The first kappa shape index (κ1) is 15.6. The van der Waals surface area contributed by atoms with Crippen LogP contribution in [0.4, 0.5) is 0 Å². The van der Waals surface area contributed by atoms with Crippen molar-refractivity contribution < 1.29 is 0 Å². The monoisotopic (exact) mass is 280 g/mol. The molecule has 1 aliphatic heterocycles. The van der Waals surface area contributed by atoms with Crippen LogP contribution < -0.4 is 10.6 Å². The molecule has 1 heterocycles. The van der Waals surface area contributed by atoms with Crippen molar-refractivity contribution in [1.82, 2.24) is 15.5 Å². The third-order valence-corrected chi connectivity index (χ3v) is 4.33. The number of aliphatic imine (C=N–C) groups is 1. The summed E-state index contributed by atoms with van der Waals surface area (Å²) in [5.41, 5.74) is 0. The van der Waals surface area contributed by atoms with Gasteiger partial charge in [0, 0.05) is 25.2 Å². The SMILES string of the molecule is CCNC(=NCCCCN1CCCCC1C)NC1CC1. The fraction of sp³-hybridized carbons (Fsp3) is 0.938. The molecule has 2 rings (SSSR count). The first-order chi connectivity index (χ1) is 9.79. The highest BCUT2D eigenvalue weighted by molar-refractivity contribution is 5.80. The van der Waals surface area contributed by atoms with E-state index in [0.29, 0.717) is 6.04 Å². The predicted molar refractivity (Wildman–Crippen MR) is 86.3 cm³/mol. The van der Waals surface area contributed by atoms with Gasteiger partial charge in [-0.3, -0.25) is 4.99 Å². The van der Waals surface area contributed by atoms with Crippen LogP contribution >= 0.6 is 0 Å². The van der Waals surface area contributed by atoms with Gasteiger partial charge in [-0.1, -0.05) is 6.42 Å². The molecule has 0 radical (unpaired) electrons. The summed E-state index contributed by atoms with van der Waals surface area (Å²) < 4.78 is 0. The molecular formula is C16H32N4. The van der Waals surface area contributed by atoms with Gasteiger partial charge >= 0.3 is 0 Å². The topological polar surface area (TPSA) is 39.7 Å². The molecule has 1 atom stereocenters. The van der Waals surface area contributed by atoms with Crippen molar-refractivity contribution in [3.63, 3.8) is 0 Å². The molecule has 0 bridgehead atoms. The zero-order chi connectivity index (χ0) is 14.2. The molecule has 1 aliphatic carbocycles. The van der Waals surface area contributed by atoms with Crippen molar-refractivity contribution in [2.45, 2.75) is 70.9 Å². The number of piperidine rings is 1. The van der Waals surface area contributed by atoms with Crippen LogP contribution in [-0.4, -0.2) is 49.1 Å². The summed E-state index contributed by atoms with van der Waals surface area (Å²) in [5.74, 6) is 1.02. The Labute approximate surface area is 124 Å². The van der Waals surface area contributed by atoms with Gasteiger partial charge in [0.1, 0.15) is 0 Å². The maximum atomic E-state index is 4.67. The Hall–Kier alpha value is -0.770. The molecule has 1 saturated carbocycles. The Balaban J connectivity index is 1.58. The van der Waals surface area contributed by atoms with Crippen molar-refractivity contribution in [3.8, 4) is 0 Å². The molecule has 2 aliphatic rings. The minimum absolute atomic E-state index is 0.682. The first-order valence-electron chi connectivity index (χ1n) is 8.58. The molecule has 116 valence electrons. The van der Waals surface area contributed by atoms with Crippen LogP contribution in [0, 0.1) is 0 Å². The average Bonchev–Trinajstić information content (AvgIpc) is 3.24. The van der Waals surface area contributed by atoms with Crippen molar-refractivity contribution in [3.05, 3.63) is 0 Å². The van der Waals surface area contributed by atoms with E-state index in [4.69, 9.17) is 0 Å². The predicted octanol–water partition coefficient (Wildman–Crippen LogP) is 2.36. The number of hydrogen-bond donors (Lipinski definition) is 2. The zero-order valence-corrected chi connectivity index (χ0v) is 13.3. The van der Waals surface area contributed by atoms with Gasteiger partial charge in [0.25, 0.3) is 0 Å². The van der Waals surface area contributed by atoms with Crippen LogP contribution in [0.25, 0.3) is 0 Å². The van der Waals surface area contributed by atoms with Crippen LogP contribution in [-0.2, 0) is 0 Å². The fourth-order valence-corrected chi connectivity index (χ4v) is 2.85. The van der Waals surface area contributed by atoms with Crippen molar-refractivity contribution in [1.29, 1.82) is 0 Å². The summed E-state index contributed by atoms with van der Waals surface area (Å²) in [7, 11) is 0. The van der Waals surface area contributed by atoms with E-state index < -0.39 is 0 Å². The van der Waals surface area contributed by atoms with Gasteiger partial charge in [0.15, 0.2) is 5.96 Å². The summed E-state index contributed by atoms with van der Waals surface area (Å²) in [5, 5.41) is 6.80. The lowest BCUT2D eigenvalue weighted by molar-refractivity contribution is 0.158. The Morgan fingerprint density at radius 3 is 2.75 bits per heavy atom. The second-order valence-corrected chi connectivity index (χ2v) is 6.27. The number of rotatable bonds is 7. The van der Waals surface area contributed by atoms with E-state index in [2.05, 4.69) is 34.4 Å². The van der Waals surface area contributed by atoms with E-state index in [-0.39, 0.29) is 0 Å². The highest BCUT2D eigenvalue weighted by Gasteiger charge is 2.22. The van der Waals surface area contributed by atoms with E-state index in [1.165, 1.54) is 58.0 Å². The Morgan fingerprint density at radius 1 is 1.20 bits per heavy atom. The minimum atomic E-state index is 0.682. The maximum absolute atomic E-state index is 4.67. The second-order valence-electron chi connectivity index (χ2n) is 6.27. The molecule has 20 heavy (non-hydrogen) atoms. The minimum Gasteiger partial charge on any atom is -0.357 e. The molecular weight excluding hydrogens is 248 g/mol. The Kier molecular flexibility index (Phi) is 6.64. The van der Waals surface area contributed by atoms with Gasteiger partial charge in [-0.2, -0.15) is 0 Å². The van der Waals surface area contributed by atoms with Crippen molar-refractivity contribution in [2.75, 3.05) is 26.2 Å². The quantitative estimate of drug-likeness (QED) is 0.427. The van der Waals surface area contributed by atoms with E-state index >= 15 is 0 Å². The van der Waals surface area contributed by atoms with Crippen LogP contribution in [0.2, 0.25) is 0 Å². The molecule has 0 aromatic heterocycles. The molecule has 0 amide bonds. The molecule has 1 saturated heterocycles. The van der Waals surface area contributed by atoms with Gasteiger partial charge in [-0.25, -0.2) is 0 Å². The first-order valence-corrected chi connectivity index (χ1v) is 8.58. The van der Waals surface area contributed by atoms with Gasteiger partial charge in [-0.05, 0) is 65.5 Å². The Morgan fingerprint density at radius 2 is 2.05 bits per heavy atom. The van der Waals surface area contributed by atoms with E-state index in [0.717, 1.165) is 25.1 Å². The lowest BCUT2D eigenvalue weighted by atomic mass is 10.0. The summed E-state index contributed by atoms with van der Waals surface area (Å²) in [6, 6.07) is 1.48. The van der Waals surface area contributed by atoms with Crippen LogP contribution in [0.1, 0.15) is 58.8 Å². The normalized spacial score (nSPS) is 24.7. The highest BCUT2D eigenvalue weighted by atomic mass is 15.2. The highest BCUT2D eigenvalue weighted by Crippen LogP contribution is 2.18. The fourth-order valence-electron chi connectivity index (χ4n) is 2.85. The molecule has 1 unspecified atom stereocenters. The number of nitrogens with one attached hydrogen (secondary N) is 2. The number of guanidine groups is 1. The standard InChI is InChI=1S/C16H32N4/c1-3-17-16(19-15-9-10-15)18-11-5-7-13-20-12-6-4-8-14(20)2/h14-15H,3-13H2,1-2H3,(H2,17,18,19). The summed E-state index contributed by atoms with van der Waals surface area (Å²) >= 11 is 0. The lowest BCUT2D eigenvalue weighted by Gasteiger charge is -2.33. The summed E-state index contributed by atoms with van der Waals surface area (Å²) in [6.07, 6.45) is 9.27. The van der Waals surface area contributed by atoms with Crippen molar-refractivity contribution in [2.24, 2.45) is 4.99 Å². The average molecular weight is 280 g/mol. The molecule has 4 heteroatoms.